The maximum Gasteiger partial charge on any atom is 0.146 e. The molecule has 110 valence electrons. The van der Waals surface area contributed by atoms with E-state index in [1.165, 1.54) is 12.8 Å². The lowest BCUT2D eigenvalue weighted by atomic mass is 9.89. The van der Waals surface area contributed by atoms with E-state index in [4.69, 9.17) is 10.5 Å². The molecule has 3 unspecified atom stereocenters. The molecule has 2 N–H and O–H groups in total. The fourth-order valence-electron chi connectivity index (χ4n) is 3.43. The van der Waals surface area contributed by atoms with Gasteiger partial charge >= 0.3 is 0 Å². The molecule has 2 aliphatic rings. The maximum atomic E-state index is 14.4. The molecule has 2 fully saturated rings. The van der Waals surface area contributed by atoms with E-state index < -0.39 is 0 Å². The Morgan fingerprint density at radius 1 is 1.35 bits per heavy atom. The number of hydrogen-bond donors (Lipinski definition) is 1. The number of ether oxygens (including phenoxy) is 1. The Morgan fingerprint density at radius 3 is 2.90 bits per heavy atom. The Kier molecular flexibility index (Phi) is 3.94. The highest BCUT2D eigenvalue weighted by atomic mass is 19.1. The van der Waals surface area contributed by atoms with Gasteiger partial charge in [-0.3, -0.25) is 0 Å². The molecule has 0 amide bonds. The Bertz CT molecular complexity index is 476. The van der Waals surface area contributed by atoms with Gasteiger partial charge in [-0.25, -0.2) is 4.39 Å². The number of nitrogens with two attached hydrogens (primary N) is 1. The van der Waals surface area contributed by atoms with Gasteiger partial charge in [0.15, 0.2) is 0 Å². The van der Waals surface area contributed by atoms with E-state index in [9.17, 15) is 4.39 Å². The molecule has 1 saturated carbocycles. The quantitative estimate of drug-likeness (QED) is 0.904. The zero-order valence-corrected chi connectivity index (χ0v) is 12.0. The highest BCUT2D eigenvalue weighted by molar-refractivity contribution is 5.51. The number of anilines is 1. The molecule has 3 rings (SSSR count). The summed E-state index contributed by atoms with van der Waals surface area (Å²) in [5, 5.41) is 0. The van der Waals surface area contributed by atoms with Crippen molar-refractivity contribution in [3.05, 3.63) is 29.6 Å². The first kappa shape index (κ1) is 13.8. The third-order valence-electron chi connectivity index (χ3n) is 4.54. The minimum atomic E-state index is -0.161. The van der Waals surface area contributed by atoms with Crippen LogP contribution >= 0.6 is 0 Å². The number of nitrogens with zero attached hydrogens (tertiary/aromatic N) is 1. The molecule has 0 spiro atoms. The summed E-state index contributed by atoms with van der Waals surface area (Å²) in [4.78, 5) is 2.20. The summed E-state index contributed by atoms with van der Waals surface area (Å²) in [6.07, 6.45) is 4.90. The molecule has 1 aromatic rings. The SMILES string of the molecule is CC(N)c1ccc(N2CCOC3CCCCC32)c(F)c1. The fraction of sp³-hybridized carbons (Fsp3) is 0.625. The largest absolute Gasteiger partial charge is 0.374 e. The fourth-order valence-corrected chi connectivity index (χ4v) is 3.43. The molecule has 3 nitrogen and oxygen atoms in total. The molecule has 4 heteroatoms. The van der Waals surface area contributed by atoms with Crippen molar-refractivity contribution in [1.29, 1.82) is 0 Å². The predicted octanol–water partition coefficient (Wildman–Crippen LogP) is 2.99. The lowest BCUT2D eigenvalue weighted by molar-refractivity contribution is -0.00891. The maximum absolute atomic E-state index is 14.4. The molecule has 0 bridgehead atoms. The molecule has 0 aromatic heterocycles. The zero-order chi connectivity index (χ0) is 14.1. The van der Waals surface area contributed by atoms with E-state index in [1.807, 2.05) is 19.1 Å². The van der Waals surface area contributed by atoms with Crippen molar-refractivity contribution < 1.29 is 9.13 Å². The normalized spacial score (nSPS) is 28.1. The van der Waals surface area contributed by atoms with Crippen LogP contribution in [0.25, 0.3) is 0 Å². The number of rotatable bonds is 2. The summed E-state index contributed by atoms with van der Waals surface area (Å²) in [7, 11) is 0. The van der Waals surface area contributed by atoms with E-state index in [0.717, 1.165) is 24.9 Å². The number of morpholine rings is 1. The van der Waals surface area contributed by atoms with Crippen LogP contribution in [0, 0.1) is 5.82 Å². The summed E-state index contributed by atoms with van der Waals surface area (Å²) in [6.45, 7) is 3.34. The zero-order valence-electron chi connectivity index (χ0n) is 12.0. The number of benzene rings is 1. The van der Waals surface area contributed by atoms with Crippen LogP contribution in [0.4, 0.5) is 10.1 Å². The number of fused-ring (bicyclic) bond motifs is 1. The van der Waals surface area contributed by atoms with Gasteiger partial charge in [-0.15, -0.1) is 0 Å². The van der Waals surface area contributed by atoms with Crippen LogP contribution in [-0.2, 0) is 4.74 Å². The minimum Gasteiger partial charge on any atom is -0.374 e. The smallest absolute Gasteiger partial charge is 0.146 e. The average Bonchev–Trinajstić information content (AvgIpc) is 2.46. The van der Waals surface area contributed by atoms with Gasteiger partial charge in [0.1, 0.15) is 5.82 Å². The summed E-state index contributed by atoms with van der Waals surface area (Å²) in [5.74, 6) is -0.161. The molecule has 20 heavy (non-hydrogen) atoms. The van der Waals surface area contributed by atoms with Crippen LogP contribution in [0.5, 0.6) is 0 Å². The summed E-state index contributed by atoms with van der Waals surface area (Å²) >= 11 is 0. The predicted molar refractivity (Wildman–Crippen MR) is 78.3 cm³/mol. The first-order chi connectivity index (χ1) is 9.66. The lowest BCUT2D eigenvalue weighted by Crippen LogP contribution is -2.53. The van der Waals surface area contributed by atoms with Gasteiger partial charge in [-0.2, -0.15) is 0 Å². The summed E-state index contributed by atoms with van der Waals surface area (Å²) in [5.41, 5.74) is 7.37. The second kappa shape index (κ2) is 5.70. The van der Waals surface area contributed by atoms with E-state index >= 15 is 0 Å². The standard InChI is InChI=1S/C16H23FN2O/c1-11(18)12-6-7-14(13(17)10-12)19-8-9-20-16-5-3-2-4-15(16)19/h6-7,10-11,15-16H,2-5,8-9,18H2,1H3. The van der Waals surface area contributed by atoms with Crippen molar-refractivity contribution in [2.45, 2.75) is 50.8 Å². The Hall–Kier alpha value is -1.13. The van der Waals surface area contributed by atoms with Crippen LogP contribution in [0.2, 0.25) is 0 Å². The molecule has 1 aliphatic carbocycles. The third kappa shape index (κ3) is 2.54. The Balaban J connectivity index is 1.87. The van der Waals surface area contributed by atoms with Gasteiger partial charge in [-0.1, -0.05) is 18.9 Å². The van der Waals surface area contributed by atoms with Gasteiger partial charge < -0.3 is 15.4 Å². The van der Waals surface area contributed by atoms with Crippen LogP contribution in [0.15, 0.2) is 18.2 Å². The molecule has 1 aromatic carbocycles. The Morgan fingerprint density at radius 2 is 2.15 bits per heavy atom. The van der Waals surface area contributed by atoms with Gasteiger partial charge in [0.05, 0.1) is 24.4 Å². The topological polar surface area (TPSA) is 38.5 Å². The highest BCUT2D eigenvalue weighted by Gasteiger charge is 2.35. The van der Waals surface area contributed by atoms with Crippen molar-refractivity contribution in [3.8, 4) is 0 Å². The van der Waals surface area contributed by atoms with Gasteiger partial charge in [0.2, 0.25) is 0 Å². The molecule has 3 atom stereocenters. The average molecular weight is 278 g/mol. The lowest BCUT2D eigenvalue weighted by Gasteiger charge is -2.45. The van der Waals surface area contributed by atoms with Crippen molar-refractivity contribution in [2.24, 2.45) is 5.73 Å². The van der Waals surface area contributed by atoms with Crippen molar-refractivity contribution >= 4 is 5.69 Å². The van der Waals surface area contributed by atoms with Crippen LogP contribution in [0.3, 0.4) is 0 Å². The third-order valence-corrected chi connectivity index (χ3v) is 4.54. The van der Waals surface area contributed by atoms with Crippen molar-refractivity contribution in [3.63, 3.8) is 0 Å². The molecule has 1 heterocycles. The van der Waals surface area contributed by atoms with Crippen molar-refractivity contribution in [1.82, 2.24) is 0 Å². The number of halogens is 1. The van der Waals surface area contributed by atoms with Gasteiger partial charge in [-0.05, 0) is 37.5 Å². The van der Waals surface area contributed by atoms with Gasteiger partial charge in [0, 0.05) is 12.6 Å². The van der Waals surface area contributed by atoms with E-state index in [2.05, 4.69) is 4.90 Å². The van der Waals surface area contributed by atoms with E-state index in [1.54, 1.807) is 6.07 Å². The minimum absolute atomic E-state index is 0.134. The Labute approximate surface area is 119 Å². The summed E-state index contributed by atoms with van der Waals surface area (Å²) < 4.78 is 20.3. The molecule has 1 saturated heterocycles. The molecule has 1 aliphatic heterocycles. The van der Waals surface area contributed by atoms with E-state index in [0.29, 0.717) is 18.3 Å². The van der Waals surface area contributed by atoms with Crippen LogP contribution < -0.4 is 10.6 Å². The van der Waals surface area contributed by atoms with Crippen LogP contribution in [0.1, 0.15) is 44.2 Å². The second-order valence-electron chi connectivity index (χ2n) is 5.95. The van der Waals surface area contributed by atoms with Crippen LogP contribution in [-0.4, -0.2) is 25.3 Å². The highest BCUT2D eigenvalue weighted by Crippen LogP contribution is 2.33. The first-order valence-corrected chi connectivity index (χ1v) is 7.60. The van der Waals surface area contributed by atoms with Crippen molar-refractivity contribution in [2.75, 3.05) is 18.1 Å². The molecule has 0 radical (unpaired) electrons. The van der Waals surface area contributed by atoms with Gasteiger partial charge in [0.25, 0.3) is 0 Å². The molecular formula is C16H23FN2O. The number of hydrogen-bond acceptors (Lipinski definition) is 3. The summed E-state index contributed by atoms with van der Waals surface area (Å²) in [6, 6.07) is 5.59. The second-order valence-corrected chi connectivity index (χ2v) is 5.95. The van der Waals surface area contributed by atoms with E-state index in [-0.39, 0.29) is 18.0 Å². The monoisotopic (exact) mass is 278 g/mol. The first-order valence-electron chi connectivity index (χ1n) is 7.60. The molecular weight excluding hydrogens is 255 g/mol.